The minimum absolute atomic E-state index is 0.0263. The van der Waals surface area contributed by atoms with Gasteiger partial charge in [-0.05, 0) is 19.4 Å². The Morgan fingerprint density at radius 3 is 2.59 bits per heavy atom. The lowest BCUT2D eigenvalue weighted by Crippen LogP contribution is -2.43. The maximum atomic E-state index is 12.1. The summed E-state index contributed by atoms with van der Waals surface area (Å²) >= 11 is 0. The van der Waals surface area contributed by atoms with E-state index in [9.17, 15) is 9.59 Å². The molecule has 22 heavy (non-hydrogen) atoms. The molecular weight excluding hydrogens is 278 g/mol. The molecule has 5 heteroatoms. The lowest BCUT2D eigenvalue weighted by molar-refractivity contribution is -0.127. The topological polar surface area (TPSA) is 52.7 Å². The number of carbonyl (C=O) groups is 2. The summed E-state index contributed by atoms with van der Waals surface area (Å²) in [5, 5.41) is 2.95. The third-order valence-electron chi connectivity index (χ3n) is 4.45. The first-order valence-corrected chi connectivity index (χ1v) is 7.73. The van der Waals surface area contributed by atoms with E-state index in [0.717, 1.165) is 5.56 Å². The molecule has 2 rings (SSSR count). The van der Waals surface area contributed by atoms with E-state index in [0.29, 0.717) is 13.0 Å². The van der Waals surface area contributed by atoms with Crippen molar-refractivity contribution >= 4 is 11.9 Å². The SMILES string of the molecule is CC(C)N(C)C(=O)NC[C@H]1CC(=O)N(C)[C@@H]1c1ccccc1. The number of hydrogen-bond acceptors (Lipinski definition) is 2. The van der Waals surface area contributed by atoms with Crippen molar-refractivity contribution < 1.29 is 9.59 Å². The van der Waals surface area contributed by atoms with Gasteiger partial charge < -0.3 is 15.1 Å². The number of urea groups is 1. The number of hydrogen-bond donors (Lipinski definition) is 1. The van der Waals surface area contributed by atoms with E-state index in [1.54, 1.807) is 16.8 Å². The number of benzene rings is 1. The highest BCUT2D eigenvalue weighted by Gasteiger charge is 2.38. The number of nitrogens with one attached hydrogen (secondary N) is 1. The number of likely N-dealkylation sites (tertiary alicyclic amines) is 1. The van der Waals surface area contributed by atoms with Crippen molar-refractivity contribution in [2.75, 3.05) is 20.6 Å². The molecule has 120 valence electrons. The molecule has 0 aromatic heterocycles. The third kappa shape index (κ3) is 3.40. The Bertz CT molecular complexity index is 530. The Morgan fingerprint density at radius 1 is 1.36 bits per heavy atom. The van der Waals surface area contributed by atoms with Crippen LogP contribution >= 0.6 is 0 Å². The van der Waals surface area contributed by atoms with Gasteiger partial charge in [-0.1, -0.05) is 30.3 Å². The van der Waals surface area contributed by atoms with Gasteiger partial charge >= 0.3 is 6.03 Å². The van der Waals surface area contributed by atoms with E-state index >= 15 is 0 Å². The molecule has 1 aliphatic rings. The van der Waals surface area contributed by atoms with E-state index in [2.05, 4.69) is 5.32 Å². The normalized spacial score (nSPS) is 21.3. The summed E-state index contributed by atoms with van der Waals surface area (Å²) in [5.41, 5.74) is 1.12. The van der Waals surface area contributed by atoms with Crippen LogP contribution in [0.1, 0.15) is 31.9 Å². The Morgan fingerprint density at radius 2 is 2.00 bits per heavy atom. The molecule has 3 amide bonds. The van der Waals surface area contributed by atoms with Gasteiger partial charge in [-0.15, -0.1) is 0 Å². The van der Waals surface area contributed by atoms with E-state index in [1.165, 1.54) is 0 Å². The zero-order valence-corrected chi connectivity index (χ0v) is 13.7. The van der Waals surface area contributed by atoms with Gasteiger partial charge in [-0.3, -0.25) is 4.79 Å². The van der Waals surface area contributed by atoms with Crippen LogP contribution < -0.4 is 5.32 Å². The van der Waals surface area contributed by atoms with Crippen molar-refractivity contribution in [3.63, 3.8) is 0 Å². The minimum atomic E-state index is -0.0937. The highest BCUT2D eigenvalue weighted by atomic mass is 16.2. The van der Waals surface area contributed by atoms with Crippen molar-refractivity contribution in [1.82, 2.24) is 15.1 Å². The first kappa shape index (κ1) is 16.3. The van der Waals surface area contributed by atoms with Crippen LogP contribution in [0.15, 0.2) is 30.3 Å². The predicted octanol–water partition coefficient (Wildman–Crippen LogP) is 2.26. The fraction of sp³-hybridized carbons (Fsp3) is 0.529. The molecule has 0 saturated carbocycles. The molecule has 0 radical (unpaired) electrons. The molecule has 0 aliphatic carbocycles. The zero-order valence-electron chi connectivity index (χ0n) is 13.7. The molecule has 0 unspecified atom stereocenters. The van der Waals surface area contributed by atoms with E-state index < -0.39 is 0 Å². The Balaban J connectivity index is 2.06. The molecule has 1 saturated heterocycles. The van der Waals surface area contributed by atoms with Gasteiger partial charge in [0, 0.05) is 39.0 Å². The maximum absolute atomic E-state index is 12.1. The van der Waals surface area contributed by atoms with Gasteiger partial charge in [0.05, 0.1) is 6.04 Å². The van der Waals surface area contributed by atoms with Crippen molar-refractivity contribution in [2.24, 2.45) is 5.92 Å². The number of rotatable bonds is 4. The second kappa shape index (κ2) is 6.81. The molecule has 0 bridgehead atoms. The first-order valence-electron chi connectivity index (χ1n) is 7.73. The lowest BCUT2D eigenvalue weighted by Gasteiger charge is -2.27. The van der Waals surface area contributed by atoms with Crippen molar-refractivity contribution in [3.05, 3.63) is 35.9 Å². The molecule has 2 atom stereocenters. The van der Waals surface area contributed by atoms with Crippen LogP contribution in [0.2, 0.25) is 0 Å². The molecule has 1 aromatic carbocycles. The summed E-state index contributed by atoms with van der Waals surface area (Å²) in [6.45, 7) is 4.45. The Kier molecular flexibility index (Phi) is 5.06. The average molecular weight is 303 g/mol. The van der Waals surface area contributed by atoms with Gasteiger partial charge in [-0.2, -0.15) is 0 Å². The van der Waals surface area contributed by atoms with Gasteiger partial charge in [-0.25, -0.2) is 4.79 Å². The van der Waals surface area contributed by atoms with Crippen molar-refractivity contribution in [2.45, 2.75) is 32.4 Å². The zero-order chi connectivity index (χ0) is 16.3. The Labute approximate surface area is 132 Å². The summed E-state index contributed by atoms with van der Waals surface area (Å²) in [6.07, 6.45) is 0.474. The van der Waals surface area contributed by atoms with Crippen LogP contribution in [-0.2, 0) is 4.79 Å². The predicted molar refractivity (Wildman–Crippen MR) is 86.4 cm³/mol. The van der Waals surface area contributed by atoms with E-state index in [1.807, 2.05) is 51.2 Å². The summed E-state index contributed by atoms with van der Waals surface area (Å²) < 4.78 is 0. The minimum Gasteiger partial charge on any atom is -0.338 e. The van der Waals surface area contributed by atoms with Crippen LogP contribution in [0, 0.1) is 5.92 Å². The summed E-state index contributed by atoms with van der Waals surface area (Å²) in [4.78, 5) is 27.6. The molecule has 5 nitrogen and oxygen atoms in total. The van der Waals surface area contributed by atoms with Crippen LogP contribution in [0.5, 0.6) is 0 Å². The standard InChI is InChI=1S/C17H25N3O2/c1-12(2)19(3)17(22)18-11-14-10-15(21)20(4)16(14)13-8-6-5-7-9-13/h5-9,12,14,16H,10-11H2,1-4H3,(H,18,22)/t14-,16-/m1/s1. The van der Waals surface area contributed by atoms with Crippen LogP contribution in [-0.4, -0.2) is 48.4 Å². The number of carbonyl (C=O) groups excluding carboxylic acids is 2. The van der Waals surface area contributed by atoms with Crippen LogP contribution in [0.25, 0.3) is 0 Å². The quantitative estimate of drug-likeness (QED) is 0.927. The fourth-order valence-electron chi connectivity index (χ4n) is 2.86. The Hall–Kier alpha value is -2.04. The second-order valence-corrected chi connectivity index (χ2v) is 6.22. The van der Waals surface area contributed by atoms with Crippen molar-refractivity contribution in [3.8, 4) is 0 Å². The van der Waals surface area contributed by atoms with Crippen LogP contribution in [0.3, 0.4) is 0 Å². The monoisotopic (exact) mass is 303 g/mol. The number of nitrogens with zero attached hydrogens (tertiary/aromatic N) is 2. The van der Waals surface area contributed by atoms with Gasteiger partial charge in [0.1, 0.15) is 0 Å². The van der Waals surface area contributed by atoms with Gasteiger partial charge in [0.25, 0.3) is 0 Å². The second-order valence-electron chi connectivity index (χ2n) is 6.22. The van der Waals surface area contributed by atoms with Crippen molar-refractivity contribution in [1.29, 1.82) is 0 Å². The van der Waals surface area contributed by atoms with Gasteiger partial charge in [0.2, 0.25) is 5.91 Å². The maximum Gasteiger partial charge on any atom is 0.317 e. The first-order chi connectivity index (χ1) is 10.4. The molecule has 1 aliphatic heterocycles. The molecule has 0 spiro atoms. The highest BCUT2D eigenvalue weighted by molar-refractivity contribution is 5.80. The van der Waals surface area contributed by atoms with E-state index in [-0.39, 0.29) is 29.9 Å². The summed E-state index contributed by atoms with van der Waals surface area (Å²) in [5.74, 6) is 0.231. The number of amides is 3. The third-order valence-corrected chi connectivity index (χ3v) is 4.45. The van der Waals surface area contributed by atoms with Crippen LogP contribution in [0.4, 0.5) is 4.79 Å². The largest absolute Gasteiger partial charge is 0.338 e. The fourth-order valence-corrected chi connectivity index (χ4v) is 2.86. The average Bonchev–Trinajstić information content (AvgIpc) is 2.79. The molecular formula is C17H25N3O2. The molecule has 1 N–H and O–H groups in total. The molecule has 1 aromatic rings. The summed E-state index contributed by atoms with van der Waals surface area (Å²) in [6, 6.07) is 10.1. The lowest BCUT2D eigenvalue weighted by atomic mass is 9.94. The molecule has 1 heterocycles. The van der Waals surface area contributed by atoms with Gasteiger partial charge in [0.15, 0.2) is 0 Å². The smallest absolute Gasteiger partial charge is 0.317 e. The summed E-state index contributed by atoms with van der Waals surface area (Å²) in [7, 11) is 3.61. The van der Waals surface area contributed by atoms with E-state index in [4.69, 9.17) is 0 Å². The molecule has 1 fully saturated rings. The highest BCUT2D eigenvalue weighted by Crippen LogP contribution is 2.36.